The lowest BCUT2D eigenvalue weighted by atomic mass is 9.86. The minimum absolute atomic E-state index is 0.0166. The van der Waals surface area contributed by atoms with E-state index in [1.807, 2.05) is 18.4 Å². The van der Waals surface area contributed by atoms with Crippen molar-refractivity contribution >= 4 is 67.1 Å². The molecule has 0 bridgehead atoms. The maximum Gasteiger partial charge on any atom is 0.177 e. The van der Waals surface area contributed by atoms with Crippen LogP contribution in [0.1, 0.15) is 70.9 Å². The van der Waals surface area contributed by atoms with E-state index >= 15 is 0 Å². The van der Waals surface area contributed by atoms with E-state index in [2.05, 4.69) is 220 Å². The summed E-state index contributed by atoms with van der Waals surface area (Å²) in [5.74, 6) is 0. The van der Waals surface area contributed by atoms with Gasteiger partial charge in [-0.1, -0.05) is 120 Å². The molecule has 0 atom stereocenters. The van der Waals surface area contributed by atoms with Crippen LogP contribution in [0.3, 0.4) is 0 Å². The average molecular weight is 794 g/mol. The Kier molecular flexibility index (Phi) is 10.6. The highest BCUT2D eigenvalue weighted by atomic mass is 15.2. The summed E-state index contributed by atoms with van der Waals surface area (Å²) in [5, 5.41) is 16.6. The molecule has 300 valence electrons. The van der Waals surface area contributed by atoms with Crippen LogP contribution in [-0.2, 0) is 10.8 Å². The summed E-state index contributed by atoms with van der Waals surface area (Å²) in [6.07, 6.45) is 11.5. The minimum atomic E-state index is -0.0166. The van der Waals surface area contributed by atoms with Gasteiger partial charge in [-0.2, -0.15) is 5.26 Å². The van der Waals surface area contributed by atoms with Gasteiger partial charge in [0, 0.05) is 50.8 Å². The number of anilines is 2. The molecule has 2 heterocycles. The first-order valence-corrected chi connectivity index (χ1v) is 20.9. The van der Waals surface area contributed by atoms with Crippen molar-refractivity contribution in [2.24, 2.45) is 0 Å². The number of allylic oxidation sites excluding steroid dienone is 4. The first-order valence-electron chi connectivity index (χ1n) is 20.9. The lowest BCUT2D eigenvalue weighted by Gasteiger charge is -2.29. The van der Waals surface area contributed by atoms with Crippen molar-refractivity contribution in [1.29, 1.82) is 5.26 Å². The zero-order valence-corrected chi connectivity index (χ0v) is 36.3. The Morgan fingerprint density at radius 1 is 0.705 bits per heavy atom. The third kappa shape index (κ3) is 7.56. The first-order chi connectivity index (χ1) is 29.3. The molecule has 0 amide bonds. The molecule has 0 unspecified atom stereocenters. The fraction of sp³-hybridized carbons (Fsp3) is 0.179. The topological polar surface area (TPSA) is 41.2 Å². The number of rotatable bonds is 8. The van der Waals surface area contributed by atoms with Gasteiger partial charge in [0.1, 0.15) is 0 Å². The molecule has 6 aromatic carbocycles. The Bertz CT molecular complexity index is 3110. The standard InChI is InChI=1S/C56H51N5/c1-10-15-50-38(2)47-17-13-14-19-52(47)61(50)45-29-31-51-49(35-45)54-48-18-12-11-16-40(48)20-30-53(54)59(51)33-32-39(36-57)34-46(37-58-9)60(43-25-21-41(22-26-43)55(3,4)5)44-27-23-42(24-28-44)56(6,7)8/h10-35,37H,1-8H3/b15-10-,33-32+,39-34+,46-37-. The molecule has 8 rings (SSSR count). The summed E-state index contributed by atoms with van der Waals surface area (Å²) in [4.78, 5) is 5.82. The number of para-hydroxylation sites is 1. The van der Waals surface area contributed by atoms with Gasteiger partial charge in [-0.05, 0) is 125 Å². The van der Waals surface area contributed by atoms with E-state index in [1.54, 1.807) is 0 Å². The number of aromatic nitrogens is 2. The minimum Gasteiger partial charge on any atom is -0.321 e. The number of nitriles is 1. The molecule has 0 radical (unpaired) electrons. The quantitative estimate of drug-likeness (QED) is 0.0873. The zero-order valence-electron chi connectivity index (χ0n) is 36.3. The molecule has 0 N–H and O–H groups in total. The number of fused-ring (bicyclic) bond motifs is 6. The van der Waals surface area contributed by atoms with Gasteiger partial charge in [-0.15, -0.1) is 0 Å². The Hall–Kier alpha value is -7.34. The summed E-state index contributed by atoms with van der Waals surface area (Å²) >= 11 is 0. The van der Waals surface area contributed by atoms with Crippen molar-refractivity contribution in [3.8, 4) is 11.8 Å². The Morgan fingerprint density at radius 2 is 1.31 bits per heavy atom. The second-order valence-electron chi connectivity index (χ2n) is 17.8. The number of hydrogen-bond donors (Lipinski definition) is 0. The average Bonchev–Trinajstić information content (AvgIpc) is 3.72. The second kappa shape index (κ2) is 16.0. The maximum absolute atomic E-state index is 10.7. The Balaban J connectivity index is 1.28. The van der Waals surface area contributed by atoms with Crippen LogP contribution in [-0.4, -0.2) is 9.13 Å². The highest BCUT2D eigenvalue weighted by molar-refractivity contribution is 6.21. The predicted octanol–water partition coefficient (Wildman–Crippen LogP) is 15.3. The van der Waals surface area contributed by atoms with E-state index < -0.39 is 0 Å². The molecular weight excluding hydrogens is 743 g/mol. The fourth-order valence-electron chi connectivity index (χ4n) is 8.49. The lowest BCUT2D eigenvalue weighted by molar-refractivity contribution is 0.590. The van der Waals surface area contributed by atoms with Crippen molar-refractivity contribution in [2.75, 3.05) is 4.90 Å². The van der Waals surface area contributed by atoms with Crippen molar-refractivity contribution in [1.82, 2.24) is 9.13 Å². The number of hydrogen-bond acceptors (Lipinski definition) is 2. The number of nitrogens with zero attached hydrogens (tertiary/aromatic N) is 5. The van der Waals surface area contributed by atoms with Crippen LogP contribution in [0.5, 0.6) is 0 Å². The van der Waals surface area contributed by atoms with Crippen molar-refractivity contribution in [3.63, 3.8) is 0 Å². The number of benzene rings is 6. The van der Waals surface area contributed by atoms with Gasteiger partial charge in [0.25, 0.3) is 0 Å². The van der Waals surface area contributed by atoms with Gasteiger partial charge in [0.15, 0.2) is 6.20 Å². The zero-order chi connectivity index (χ0) is 43.1. The van der Waals surface area contributed by atoms with Gasteiger partial charge in [0.2, 0.25) is 0 Å². The maximum atomic E-state index is 10.7. The monoisotopic (exact) mass is 793 g/mol. The predicted molar refractivity (Wildman–Crippen MR) is 259 cm³/mol. The molecule has 2 aromatic heterocycles. The van der Waals surface area contributed by atoms with E-state index in [4.69, 9.17) is 6.57 Å². The smallest absolute Gasteiger partial charge is 0.177 e. The van der Waals surface area contributed by atoms with E-state index in [0.29, 0.717) is 11.3 Å². The highest BCUT2D eigenvalue weighted by Gasteiger charge is 2.21. The molecule has 5 nitrogen and oxygen atoms in total. The van der Waals surface area contributed by atoms with Crippen LogP contribution < -0.4 is 4.90 Å². The van der Waals surface area contributed by atoms with E-state index in [1.165, 1.54) is 33.7 Å². The summed E-state index contributed by atoms with van der Waals surface area (Å²) in [6, 6.07) is 47.6. The Labute approximate surface area is 359 Å². The normalized spacial score (nSPS) is 13.0. The van der Waals surface area contributed by atoms with E-state index in [-0.39, 0.29) is 10.8 Å². The molecular formula is C56H51N5. The third-order valence-corrected chi connectivity index (χ3v) is 11.7. The first kappa shape index (κ1) is 40.4. The van der Waals surface area contributed by atoms with Gasteiger partial charge in [-0.3, -0.25) is 0 Å². The summed E-state index contributed by atoms with van der Waals surface area (Å²) < 4.78 is 4.54. The molecule has 0 fully saturated rings. The summed E-state index contributed by atoms with van der Waals surface area (Å²) in [7, 11) is 0. The molecule has 61 heavy (non-hydrogen) atoms. The third-order valence-electron chi connectivity index (χ3n) is 11.7. The molecule has 0 spiro atoms. The summed E-state index contributed by atoms with van der Waals surface area (Å²) in [6.45, 7) is 25.5. The van der Waals surface area contributed by atoms with Crippen molar-refractivity contribution in [2.45, 2.75) is 66.2 Å². The molecule has 0 saturated heterocycles. The molecule has 8 aromatic rings. The lowest BCUT2D eigenvalue weighted by Crippen LogP contribution is -2.17. The van der Waals surface area contributed by atoms with Gasteiger partial charge in [0.05, 0.1) is 34.8 Å². The fourth-order valence-corrected chi connectivity index (χ4v) is 8.49. The van der Waals surface area contributed by atoms with E-state index in [0.717, 1.165) is 55.5 Å². The van der Waals surface area contributed by atoms with Crippen molar-refractivity contribution in [3.05, 3.63) is 197 Å². The summed E-state index contributed by atoms with van der Waals surface area (Å²) in [5.41, 5.74) is 11.9. The van der Waals surface area contributed by atoms with E-state index in [9.17, 15) is 5.26 Å². The second-order valence-corrected chi connectivity index (χ2v) is 17.8. The van der Waals surface area contributed by atoms with Crippen LogP contribution in [0.15, 0.2) is 163 Å². The van der Waals surface area contributed by atoms with Crippen LogP contribution in [0.2, 0.25) is 0 Å². The Morgan fingerprint density at radius 3 is 1.92 bits per heavy atom. The molecule has 0 aliphatic heterocycles. The van der Waals surface area contributed by atoms with Crippen molar-refractivity contribution < 1.29 is 0 Å². The SMILES string of the molecule is [C-]#[N+]/C=C(/C=C(C#N)\C=C\n1c2ccc(-n3c(/C=C\C)c(C)c4ccccc43)cc2c2c3ccccc3ccc21)N(c1ccc(C(C)(C)C)cc1)c1ccc(C(C)(C)C)cc1. The van der Waals surface area contributed by atoms with Gasteiger partial charge >= 0.3 is 0 Å². The van der Waals surface area contributed by atoms with Crippen LogP contribution in [0.25, 0.3) is 66.3 Å². The van der Waals surface area contributed by atoms with Gasteiger partial charge < -0.3 is 14.0 Å². The molecule has 0 aliphatic rings. The van der Waals surface area contributed by atoms with Crippen LogP contribution in [0, 0.1) is 24.8 Å². The van der Waals surface area contributed by atoms with Crippen LogP contribution >= 0.6 is 0 Å². The van der Waals surface area contributed by atoms with Gasteiger partial charge in [-0.25, -0.2) is 4.85 Å². The number of aryl methyl sites for hydroxylation is 1. The largest absolute Gasteiger partial charge is 0.321 e. The molecule has 0 aliphatic carbocycles. The molecule has 0 saturated carbocycles. The van der Waals surface area contributed by atoms with Crippen LogP contribution in [0.4, 0.5) is 11.4 Å². The highest BCUT2D eigenvalue weighted by Crippen LogP contribution is 2.39. The molecule has 5 heteroatoms.